The van der Waals surface area contributed by atoms with Gasteiger partial charge < -0.3 is 15.5 Å². The second-order valence-electron chi connectivity index (χ2n) is 10.9. The lowest BCUT2D eigenvalue weighted by atomic mass is 9.93. The Morgan fingerprint density at radius 1 is 1.05 bits per heavy atom. The molecule has 0 bridgehead atoms. The van der Waals surface area contributed by atoms with Crippen molar-refractivity contribution < 1.29 is 14.4 Å². The molecule has 0 spiro atoms. The zero-order valence-electron chi connectivity index (χ0n) is 22.1. The van der Waals surface area contributed by atoms with Crippen molar-refractivity contribution >= 4 is 35.1 Å². The number of hydrogen-bond acceptors (Lipinski definition) is 5. The predicted molar refractivity (Wildman–Crippen MR) is 147 cm³/mol. The molecule has 1 saturated carbocycles. The highest BCUT2D eigenvalue weighted by molar-refractivity contribution is 6.31. The van der Waals surface area contributed by atoms with Crippen LogP contribution in [0.3, 0.4) is 0 Å². The van der Waals surface area contributed by atoms with E-state index in [-0.39, 0.29) is 29.8 Å². The number of aryl methyl sites for hydroxylation is 2. The molecule has 2 saturated heterocycles. The van der Waals surface area contributed by atoms with Crippen LogP contribution in [0, 0.1) is 13.8 Å². The largest absolute Gasteiger partial charge is 0.349 e. The first-order valence-electron chi connectivity index (χ1n) is 13.7. The summed E-state index contributed by atoms with van der Waals surface area (Å²) >= 11 is 6.17. The Balaban J connectivity index is 1.20. The van der Waals surface area contributed by atoms with Gasteiger partial charge in [0.05, 0.1) is 0 Å². The van der Waals surface area contributed by atoms with Gasteiger partial charge in [-0.3, -0.25) is 19.3 Å². The standard InChI is InChI=1S/C29H36ClN5O3/c1-18-14-20(6-7-24(18)30)17-34-12-10-23(11-13-34)35-25(8-9-27(35)36)29(38)33-26-16-21(15-19(2)31-26)28(37)32-22-4-3-5-22/h6-7,14-16,22-23,25H,3-5,8-13,17H2,1-2H3,(H,32,37)(H,31,33,38). The van der Waals surface area contributed by atoms with Crippen molar-refractivity contribution in [1.82, 2.24) is 20.1 Å². The summed E-state index contributed by atoms with van der Waals surface area (Å²) in [5.41, 5.74) is 3.45. The maximum atomic E-state index is 13.3. The van der Waals surface area contributed by atoms with Crippen molar-refractivity contribution in [3.63, 3.8) is 0 Å². The summed E-state index contributed by atoms with van der Waals surface area (Å²) in [4.78, 5) is 47.5. The third-order valence-corrected chi connectivity index (χ3v) is 8.47. The third kappa shape index (κ3) is 6.02. The van der Waals surface area contributed by atoms with Crippen LogP contribution in [0.5, 0.6) is 0 Å². The monoisotopic (exact) mass is 537 g/mol. The number of pyridine rings is 1. The number of nitrogens with zero attached hydrogens (tertiary/aromatic N) is 3. The Bertz CT molecular complexity index is 1220. The summed E-state index contributed by atoms with van der Waals surface area (Å²) in [5.74, 6) is 0.00286. The topological polar surface area (TPSA) is 94.6 Å². The summed E-state index contributed by atoms with van der Waals surface area (Å²) in [6.45, 7) is 6.39. The Hall–Kier alpha value is -2.97. The zero-order chi connectivity index (χ0) is 26.8. The van der Waals surface area contributed by atoms with Crippen LogP contribution >= 0.6 is 11.6 Å². The smallest absolute Gasteiger partial charge is 0.251 e. The first-order chi connectivity index (χ1) is 18.3. The molecule has 2 N–H and O–H groups in total. The SMILES string of the molecule is Cc1cc(C(=O)NC2CCC2)cc(NC(=O)C2CCC(=O)N2C2CCN(Cc3ccc(Cl)c(C)c3)CC2)n1. The van der Waals surface area contributed by atoms with E-state index in [9.17, 15) is 14.4 Å². The molecule has 1 aromatic heterocycles. The summed E-state index contributed by atoms with van der Waals surface area (Å²) in [7, 11) is 0. The average molecular weight is 538 g/mol. The molecule has 1 aliphatic carbocycles. The van der Waals surface area contributed by atoms with E-state index in [0.717, 1.165) is 62.3 Å². The highest BCUT2D eigenvalue weighted by Gasteiger charge is 2.41. The summed E-state index contributed by atoms with van der Waals surface area (Å²) in [6.07, 6.45) is 5.68. The van der Waals surface area contributed by atoms with E-state index in [1.165, 1.54) is 5.56 Å². The van der Waals surface area contributed by atoms with Crippen LogP contribution in [-0.4, -0.2) is 63.7 Å². The fourth-order valence-corrected chi connectivity index (χ4v) is 5.85. The lowest BCUT2D eigenvalue weighted by Crippen LogP contribution is -2.51. The molecule has 3 heterocycles. The summed E-state index contributed by atoms with van der Waals surface area (Å²) in [5, 5.41) is 6.71. The molecule has 1 atom stereocenters. The number of halogens is 1. The van der Waals surface area contributed by atoms with Gasteiger partial charge in [-0.1, -0.05) is 23.7 Å². The number of aromatic nitrogens is 1. The number of carbonyl (C=O) groups excluding carboxylic acids is 3. The maximum Gasteiger partial charge on any atom is 0.251 e. The molecule has 5 rings (SSSR count). The van der Waals surface area contributed by atoms with Crippen LogP contribution < -0.4 is 10.6 Å². The summed E-state index contributed by atoms with van der Waals surface area (Å²) in [6, 6.07) is 9.23. The number of likely N-dealkylation sites (tertiary alicyclic amines) is 2. The Kier molecular flexibility index (Phi) is 8.00. The summed E-state index contributed by atoms with van der Waals surface area (Å²) < 4.78 is 0. The molecule has 1 unspecified atom stereocenters. The molecule has 9 heteroatoms. The quantitative estimate of drug-likeness (QED) is 0.551. The van der Waals surface area contributed by atoms with Gasteiger partial charge in [-0.05, 0) is 81.7 Å². The van der Waals surface area contributed by atoms with Crippen molar-refractivity contribution in [2.75, 3.05) is 18.4 Å². The fraction of sp³-hybridized carbons (Fsp3) is 0.517. The molecule has 2 aromatic rings. The van der Waals surface area contributed by atoms with Crippen molar-refractivity contribution in [1.29, 1.82) is 0 Å². The minimum absolute atomic E-state index is 0.0368. The van der Waals surface area contributed by atoms with Crippen LogP contribution in [0.15, 0.2) is 30.3 Å². The molecule has 3 aliphatic rings. The number of hydrogen-bond donors (Lipinski definition) is 2. The van der Waals surface area contributed by atoms with Crippen molar-refractivity contribution in [3.8, 4) is 0 Å². The second-order valence-corrected chi connectivity index (χ2v) is 11.3. The lowest BCUT2D eigenvalue weighted by Gasteiger charge is -2.39. The highest BCUT2D eigenvalue weighted by atomic mass is 35.5. The van der Waals surface area contributed by atoms with Crippen LogP contribution in [0.2, 0.25) is 5.02 Å². The van der Waals surface area contributed by atoms with Crippen LogP contribution in [0.1, 0.15) is 72.1 Å². The van der Waals surface area contributed by atoms with Crippen molar-refractivity contribution in [2.45, 2.75) is 83.5 Å². The first-order valence-corrected chi connectivity index (χ1v) is 14.0. The van der Waals surface area contributed by atoms with E-state index in [0.29, 0.717) is 29.9 Å². The van der Waals surface area contributed by atoms with Gasteiger partial charge in [0.1, 0.15) is 11.9 Å². The van der Waals surface area contributed by atoms with Gasteiger partial charge in [0.2, 0.25) is 11.8 Å². The van der Waals surface area contributed by atoms with E-state index in [4.69, 9.17) is 11.6 Å². The third-order valence-electron chi connectivity index (χ3n) is 8.04. The zero-order valence-corrected chi connectivity index (χ0v) is 22.9. The van der Waals surface area contributed by atoms with Crippen molar-refractivity contribution in [2.24, 2.45) is 0 Å². The molecule has 2 aliphatic heterocycles. The Morgan fingerprint density at radius 3 is 2.50 bits per heavy atom. The molecular formula is C29H36ClN5O3. The molecule has 202 valence electrons. The molecule has 3 amide bonds. The fourth-order valence-electron chi connectivity index (χ4n) is 5.73. The van der Waals surface area contributed by atoms with Gasteiger partial charge in [0, 0.05) is 54.4 Å². The van der Waals surface area contributed by atoms with Gasteiger partial charge >= 0.3 is 0 Å². The highest BCUT2D eigenvalue weighted by Crippen LogP contribution is 2.29. The van der Waals surface area contributed by atoms with Gasteiger partial charge in [-0.15, -0.1) is 0 Å². The van der Waals surface area contributed by atoms with E-state index in [1.807, 2.05) is 13.0 Å². The number of anilines is 1. The number of carbonyl (C=O) groups is 3. The van der Waals surface area contributed by atoms with Gasteiger partial charge in [0.25, 0.3) is 5.91 Å². The number of rotatable bonds is 7. The van der Waals surface area contributed by atoms with E-state index >= 15 is 0 Å². The molecule has 38 heavy (non-hydrogen) atoms. The van der Waals surface area contributed by atoms with Crippen LogP contribution in [0.4, 0.5) is 5.82 Å². The molecule has 8 nitrogen and oxygen atoms in total. The average Bonchev–Trinajstić information content (AvgIpc) is 3.25. The number of benzene rings is 1. The van der Waals surface area contributed by atoms with E-state index in [1.54, 1.807) is 24.0 Å². The number of nitrogens with one attached hydrogen (secondary N) is 2. The number of amides is 3. The Labute approximate surface area is 229 Å². The lowest BCUT2D eigenvalue weighted by molar-refractivity contribution is -0.136. The predicted octanol–water partition coefficient (Wildman–Crippen LogP) is 4.23. The number of piperidine rings is 1. The van der Waals surface area contributed by atoms with Crippen LogP contribution in [-0.2, 0) is 16.1 Å². The normalized spacial score (nSPS) is 20.9. The Morgan fingerprint density at radius 2 is 1.82 bits per heavy atom. The molecule has 3 fully saturated rings. The van der Waals surface area contributed by atoms with Gasteiger partial charge in [0.15, 0.2) is 0 Å². The molecule has 1 aromatic carbocycles. The first kappa shape index (κ1) is 26.6. The van der Waals surface area contributed by atoms with Crippen LogP contribution in [0.25, 0.3) is 0 Å². The second kappa shape index (κ2) is 11.4. The van der Waals surface area contributed by atoms with Crippen molar-refractivity contribution in [3.05, 3.63) is 57.7 Å². The minimum atomic E-state index is -0.521. The molecule has 0 radical (unpaired) electrons. The van der Waals surface area contributed by atoms with Gasteiger partial charge in [-0.2, -0.15) is 0 Å². The molecular weight excluding hydrogens is 502 g/mol. The van der Waals surface area contributed by atoms with E-state index in [2.05, 4.69) is 32.7 Å². The minimum Gasteiger partial charge on any atom is -0.349 e. The maximum absolute atomic E-state index is 13.3. The van der Waals surface area contributed by atoms with E-state index < -0.39 is 6.04 Å². The van der Waals surface area contributed by atoms with Gasteiger partial charge in [-0.25, -0.2) is 4.98 Å².